The first kappa shape index (κ1) is 63.6. The Bertz CT molecular complexity index is 1300. The third-order valence-corrected chi connectivity index (χ3v) is 12.0. The van der Waals surface area contributed by atoms with Crippen molar-refractivity contribution < 1.29 is 28.6 Å². The van der Waals surface area contributed by atoms with Crippen LogP contribution < -0.4 is 0 Å². The number of hydrogen-bond donors (Lipinski definition) is 0. The maximum Gasteiger partial charge on any atom is 0.306 e. The van der Waals surface area contributed by atoms with Crippen LogP contribution in [0, 0.1) is 0 Å². The summed E-state index contributed by atoms with van der Waals surface area (Å²) in [5, 5.41) is 0. The van der Waals surface area contributed by atoms with Crippen molar-refractivity contribution in [1.29, 1.82) is 0 Å². The summed E-state index contributed by atoms with van der Waals surface area (Å²) in [6.45, 7) is 6.38. The van der Waals surface area contributed by atoms with Gasteiger partial charge in [-0.15, -0.1) is 0 Å². The molecule has 0 radical (unpaired) electrons. The predicted molar refractivity (Wildman–Crippen MR) is 288 cm³/mol. The fourth-order valence-corrected chi connectivity index (χ4v) is 7.82. The van der Waals surface area contributed by atoms with E-state index in [9.17, 15) is 14.4 Å². The standard InChI is InChI=1S/C61H104O6/c1-4-7-10-13-16-19-22-25-28-30-31-34-36-39-42-45-48-51-54-60(63)66-57-58(56-65-59(62)53-50-47-44-41-38-35-32-27-24-21-18-15-12-9-6-3)67-61(64)55-52-49-46-43-40-37-33-29-26-23-20-17-14-11-8-5-2/h8-9,11-12,15,17-18,20-21,24,26-27,29,32,58H,4-7,10,13-14,16,19,22-23,25,28,30-31,33-57H2,1-3H3/b11-8-,12-9-,18-15-,20-17-,24-21-,29-26-,32-27-. The first-order valence-corrected chi connectivity index (χ1v) is 28.1. The van der Waals surface area contributed by atoms with Crippen molar-refractivity contribution in [2.45, 2.75) is 271 Å². The van der Waals surface area contributed by atoms with E-state index in [0.29, 0.717) is 19.3 Å². The summed E-state index contributed by atoms with van der Waals surface area (Å²) in [4.78, 5) is 38.1. The third-order valence-electron chi connectivity index (χ3n) is 12.0. The average Bonchev–Trinajstić information content (AvgIpc) is 3.33. The van der Waals surface area contributed by atoms with E-state index < -0.39 is 6.10 Å². The van der Waals surface area contributed by atoms with E-state index in [2.05, 4.69) is 87.6 Å². The van der Waals surface area contributed by atoms with Gasteiger partial charge in [0.25, 0.3) is 0 Å². The number of carbonyl (C=O) groups is 3. The average molecular weight is 933 g/mol. The molecule has 0 aromatic carbocycles. The van der Waals surface area contributed by atoms with Gasteiger partial charge in [0.2, 0.25) is 0 Å². The van der Waals surface area contributed by atoms with Crippen molar-refractivity contribution >= 4 is 17.9 Å². The van der Waals surface area contributed by atoms with Gasteiger partial charge in [-0.3, -0.25) is 14.4 Å². The fraction of sp³-hybridized carbons (Fsp3) is 0.721. The summed E-state index contributed by atoms with van der Waals surface area (Å²) in [6, 6.07) is 0. The second-order valence-electron chi connectivity index (χ2n) is 18.5. The highest BCUT2D eigenvalue weighted by Crippen LogP contribution is 2.16. The quantitative estimate of drug-likeness (QED) is 0.0199. The Morgan fingerprint density at radius 2 is 0.657 bits per heavy atom. The van der Waals surface area contributed by atoms with Gasteiger partial charge in [-0.2, -0.15) is 0 Å². The molecule has 6 heteroatoms. The van der Waals surface area contributed by atoms with Crippen molar-refractivity contribution in [1.82, 2.24) is 0 Å². The van der Waals surface area contributed by atoms with Gasteiger partial charge in [-0.25, -0.2) is 0 Å². The number of unbranched alkanes of at least 4 members (excludes halogenated alkanes) is 28. The number of carbonyl (C=O) groups excluding carboxylic acids is 3. The molecule has 0 spiro atoms. The molecule has 0 aliphatic carbocycles. The van der Waals surface area contributed by atoms with Gasteiger partial charge in [0, 0.05) is 19.3 Å². The lowest BCUT2D eigenvalue weighted by Gasteiger charge is -2.18. The molecule has 0 aromatic rings. The molecular formula is C61H104O6. The first-order chi connectivity index (χ1) is 33.0. The summed E-state index contributed by atoms with van der Waals surface area (Å²) in [6.07, 6.45) is 71.4. The highest BCUT2D eigenvalue weighted by molar-refractivity contribution is 5.71. The van der Waals surface area contributed by atoms with E-state index in [1.807, 2.05) is 18.2 Å². The highest BCUT2D eigenvalue weighted by atomic mass is 16.6. The molecule has 0 heterocycles. The molecule has 0 aromatic heterocycles. The molecule has 0 fully saturated rings. The van der Waals surface area contributed by atoms with Crippen LogP contribution in [0.2, 0.25) is 0 Å². The van der Waals surface area contributed by atoms with Crippen molar-refractivity contribution in [2.75, 3.05) is 13.2 Å². The minimum absolute atomic E-state index is 0.0881. The van der Waals surface area contributed by atoms with Gasteiger partial charge in [-0.05, 0) is 70.6 Å². The second-order valence-corrected chi connectivity index (χ2v) is 18.5. The van der Waals surface area contributed by atoms with Crippen molar-refractivity contribution in [3.63, 3.8) is 0 Å². The van der Waals surface area contributed by atoms with Crippen molar-refractivity contribution in [2.24, 2.45) is 0 Å². The Kier molecular flexibility index (Phi) is 52.4. The topological polar surface area (TPSA) is 78.9 Å². The fourth-order valence-electron chi connectivity index (χ4n) is 7.82. The van der Waals surface area contributed by atoms with Crippen LogP contribution in [0.4, 0.5) is 0 Å². The van der Waals surface area contributed by atoms with Crippen LogP contribution in [0.3, 0.4) is 0 Å². The Labute approximate surface area is 414 Å². The Hall–Kier alpha value is -3.41. The van der Waals surface area contributed by atoms with E-state index in [-0.39, 0.29) is 31.1 Å². The van der Waals surface area contributed by atoms with Crippen LogP contribution >= 0.6 is 0 Å². The molecule has 1 atom stereocenters. The SMILES string of the molecule is CC\C=C/C=C\C=C/C=C\CCCCCCCC(=O)OCC(COC(=O)CCCCCCCCCCCCCCCCCCCC)OC(=O)CCCCCCCC/C=C\C/C=C\C/C=C\CC. The molecule has 0 bridgehead atoms. The lowest BCUT2D eigenvalue weighted by atomic mass is 10.0. The Morgan fingerprint density at radius 1 is 0.328 bits per heavy atom. The molecule has 0 aliphatic heterocycles. The molecular weight excluding hydrogens is 829 g/mol. The second kappa shape index (κ2) is 55.2. The summed E-state index contributed by atoms with van der Waals surface area (Å²) in [7, 11) is 0. The molecule has 6 nitrogen and oxygen atoms in total. The number of esters is 3. The lowest BCUT2D eigenvalue weighted by Crippen LogP contribution is -2.30. The molecule has 0 amide bonds. The molecule has 384 valence electrons. The summed E-state index contributed by atoms with van der Waals surface area (Å²) < 4.78 is 16.8. The van der Waals surface area contributed by atoms with E-state index in [1.54, 1.807) is 0 Å². The predicted octanol–water partition coefficient (Wildman–Crippen LogP) is 18.8. The van der Waals surface area contributed by atoms with Gasteiger partial charge in [0.05, 0.1) is 0 Å². The molecule has 0 N–H and O–H groups in total. The van der Waals surface area contributed by atoms with Gasteiger partial charge < -0.3 is 14.2 Å². The van der Waals surface area contributed by atoms with E-state index in [4.69, 9.17) is 14.2 Å². The van der Waals surface area contributed by atoms with Crippen LogP contribution in [0.25, 0.3) is 0 Å². The minimum Gasteiger partial charge on any atom is -0.462 e. The summed E-state index contributed by atoms with van der Waals surface area (Å²) >= 11 is 0. The Morgan fingerprint density at radius 3 is 1.09 bits per heavy atom. The summed E-state index contributed by atoms with van der Waals surface area (Å²) in [5.74, 6) is -0.919. The molecule has 0 aliphatic rings. The van der Waals surface area contributed by atoms with Gasteiger partial charge in [0.1, 0.15) is 13.2 Å². The zero-order valence-corrected chi connectivity index (χ0v) is 43.9. The highest BCUT2D eigenvalue weighted by Gasteiger charge is 2.19. The molecule has 0 saturated heterocycles. The lowest BCUT2D eigenvalue weighted by molar-refractivity contribution is -0.167. The number of hydrogen-bond acceptors (Lipinski definition) is 6. The third kappa shape index (κ3) is 53.4. The maximum atomic E-state index is 12.8. The first-order valence-electron chi connectivity index (χ1n) is 28.1. The van der Waals surface area contributed by atoms with Crippen LogP contribution in [-0.2, 0) is 28.6 Å². The van der Waals surface area contributed by atoms with E-state index in [0.717, 1.165) is 116 Å². The molecule has 67 heavy (non-hydrogen) atoms. The zero-order chi connectivity index (χ0) is 48.6. The number of ether oxygens (including phenoxy) is 3. The monoisotopic (exact) mass is 933 g/mol. The van der Waals surface area contributed by atoms with Gasteiger partial charge in [0.15, 0.2) is 6.10 Å². The van der Waals surface area contributed by atoms with E-state index >= 15 is 0 Å². The smallest absolute Gasteiger partial charge is 0.306 e. The maximum absolute atomic E-state index is 12.8. The largest absolute Gasteiger partial charge is 0.462 e. The number of rotatable bonds is 50. The molecule has 1 unspecified atom stereocenters. The molecule has 0 rings (SSSR count). The van der Waals surface area contributed by atoms with Crippen LogP contribution in [0.1, 0.15) is 265 Å². The Balaban J connectivity index is 4.41. The minimum atomic E-state index is -0.793. The van der Waals surface area contributed by atoms with Crippen LogP contribution in [0.5, 0.6) is 0 Å². The van der Waals surface area contributed by atoms with Crippen LogP contribution in [0.15, 0.2) is 85.1 Å². The summed E-state index contributed by atoms with van der Waals surface area (Å²) in [5.41, 5.74) is 0. The van der Waals surface area contributed by atoms with Gasteiger partial charge in [-0.1, -0.05) is 260 Å². The number of allylic oxidation sites excluding steroid dienone is 14. The molecule has 0 saturated carbocycles. The van der Waals surface area contributed by atoms with Crippen LogP contribution in [-0.4, -0.2) is 37.2 Å². The van der Waals surface area contributed by atoms with Crippen molar-refractivity contribution in [3.05, 3.63) is 85.1 Å². The zero-order valence-electron chi connectivity index (χ0n) is 43.9. The van der Waals surface area contributed by atoms with Gasteiger partial charge >= 0.3 is 17.9 Å². The normalized spacial score (nSPS) is 12.7. The van der Waals surface area contributed by atoms with Crippen molar-refractivity contribution in [3.8, 4) is 0 Å². The van der Waals surface area contributed by atoms with E-state index in [1.165, 1.54) is 109 Å².